The standard InChI is InChI=1S/C27H34F2O8S/c1-24-5-3-13(31)7-16(24)17(28)8-15-14-9-21-27(20(33)11-30,25(14,2)10-19(32)26(15,24)29)37-22(36-21)12-38-18-4-6-35-23(18)34/h7,14-15,17-19,21-22,30,32H,3-6,8-12H2,1-2H3/t14-,15-,17-,18?,19-,21+,22?,24-,25-,26-,27+/m0/s1. The number of alkyl halides is 2. The summed E-state index contributed by atoms with van der Waals surface area (Å²) in [6, 6.07) is 0. The highest BCUT2D eigenvalue weighted by atomic mass is 32.2. The molecule has 6 aliphatic rings. The van der Waals surface area contributed by atoms with Gasteiger partial charge in [0.1, 0.15) is 23.7 Å². The highest BCUT2D eigenvalue weighted by Gasteiger charge is 2.80. The number of ether oxygens (including phenoxy) is 3. The monoisotopic (exact) mass is 556 g/mol. The van der Waals surface area contributed by atoms with Crippen LogP contribution in [0.3, 0.4) is 0 Å². The Morgan fingerprint density at radius 3 is 2.68 bits per heavy atom. The van der Waals surface area contributed by atoms with E-state index in [4.69, 9.17) is 14.2 Å². The minimum Gasteiger partial charge on any atom is -0.465 e. The molecule has 2 aliphatic heterocycles. The normalized spacial score (nSPS) is 51.5. The first kappa shape index (κ1) is 26.8. The van der Waals surface area contributed by atoms with Crippen molar-refractivity contribution >= 4 is 29.3 Å². The van der Waals surface area contributed by atoms with Crippen LogP contribution in [0.5, 0.6) is 0 Å². The number of halogens is 2. The number of thioether (sulfide) groups is 1. The zero-order valence-corrected chi connectivity index (χ0v) is 22.3. The first-order chi connectivity index (χ1) is 17.9. The Morgan fingerprint density at radius 2 is 2.00 bits per heavy atom. The Bertz CT molecular complexity index is 1100. The van der Waals surface area contributed by atoms with Crippen LogP contribution in [0.4, 0.5) is 8.78 Å². The van der Waals surface area contributed by atoms with Crippen molar-refractivity contribution in [3.05, 3.63) is 11.6 Å². The fraction of sp³-hybridized carbons (Fsp3) is 0.815. The molecule has 11 atom stereocenters. The molecule has 0 bridgehead atoms. The summed E-state index contributed by atoms with van der Waals surface area (Å²) in [4.78, 5) is 37.4. The van der Waals surface area contributed by atoms with Crippen molar-refractivity contribution in [1.82, 2.24) is 0 Å². The van der Waals surface area contributed by atoms with Crippen LogP contribution < -0.4 is 0 Å². The van der Waals surface area contributed by atoms with E-state index in [0.29, 0.717) is 13.0 Å². The van der Waals surface area contributed by atoms with Crippen LogP contribution in [0.25, 0.3) is 0 Å². The molecule has 0 aromatic carbocycles. The van der Waals surface area contributed by atoms with Gasteiger partial charge < -0.3 is 24.4 Å². The predicted molar refractivity (Wildman–Crippen MR) is 131 cm³/mol. The summed E-state index contributed by atoms with van der Waals surface area (Å²) in [5, 5.41) is 21.2. The average Bonchev–Trinajstić information content (AvgIpc) is 3.52. The third kappa shape index (κ3) is 3.25. The zero-order valence-electron chi connectivity index (χ0n) is 21.5. The fourth-order valence-corrected chi connectivity index (χ4v) is 9.90. The second-order valence-electron chi connectivity index (χ2n) is 12.2. The van der Waals surface area contributed by atoms with Gasteiger partial charge in [-0.05, 0) is 43.3 Å². The molecule has 0 aromatic rings. The third-order valence-corrected chi connectivity index (χ3v) is 12.0. The number of aliphatic hydroxyl groups is 2. The molecule has 2 saturated heterocycles. The van der Waals surface area contributed by atoms with Crippen molar-refractivity contribution in [2.24, 2.45) is 22.7 Å². The summed E-state index contributed by atoms with van der Waals surface area (Å²) < 4.78 is 50.6. The maximum atomic E-state index is 17.4. The molecule has 38 heavy (non-hydrogen) atoms. The van der Waals surface area contributed by atoms with Gasteiger partial charge in [0.15, 0.2) is 23.5 Å². The van der Waals surface area contributed by atoms with E-state index >= 15 is 8.78 Å². The van der Waals surface area contributed by atoms with Crippen LogP contribution in [0.1, 0.15) is 52.4 Å². The summed E-state index contributed by atoms with van der Waals surface area (Å²) in [7, 11) is 0. The second-order valence-corrected chi connectivity index (χ2v) is 13.5. The van der Waals surface area contributed by atoms with Gasteiger partial charge >= 0.3 is 5.97 Å². The Hall–Kier alpha value is -1.40. The number of carbonyl (C=O) groups is 3. The van der Waals surface area contributed by atoms with Gasteiger partial charge in [0.05, 0.1) is 18.8 Å². The van der Waals surface area contributed by atoms with Crippen molar-refractivity contribution in [2.75, 3.05) is 19.0 Å². The molecule has 5 fully saturated rings. The van der Waals surface area contributed by atoms with Crippen LogP contribution >= 0.6 is 11.8 Å². The Labute approximate surface area is 223 Å². The summed E-state index contributed by atoms with van der Waals surface area (Å²) in [5.41, 5.74) is -6.21. The minimum atomic E-state index is -2.20. The van der Waals surface area contributed by atoms with Gasteiger partial charge in [0.2, 0.25) is 0 Å². The van der Waals surface area contributed by atoms with Crippen LogP contribution in [-0.2, 0) is 28.6 Å². The SMILES string of the molecule is C[C@]12CCC(=O)C=C1[C@@H](F)C[C@H]1[C@@H]3C[C@H]4OC(CSC5CCOC5=O)O[C@@]4(C(=O)CO)[C@@]3(C)C[C@H](O)[C@@]12F. The molecule has 210 valence electrons. The summed E-state index contributed by atoms with van der Waals surface area (Å²) >= 11 is 1.31. The number of carbonyl (C=O) groups excluding carboxylic acids is 3. The molecule has 0 spiro atoms. The van der Waals surface area contributed by atoms with Crippen LogP contribution in [-0.4, -0.2) is 87.9 Å². The number of rotatable bonds is 5. The van der Waals surface area contributed by atoms with Crippen LogP contribution in [0.15, 0.2) is 11.6 Å². The number of allylic oxidation sites excluding steroid dienone is 1. The van der Waals surface area contributed by atoms with E-state index in [1.807, 2.05) is 0 Å². The molecular weight excluding hydrogens is 522 g/mol. The van der Waals surface area contributed by atoms with Gasteiger partial charge in [-0.25, -0.2) is 8.78 Å². The number of Topliss-reactive ketones (excluding diaryl/α,β-unsaturated/α-hetero) is 1. The number of aliphatic hydroxyl groups excluding tert-OH is 2. The molecular formula is C27H34F2O8S. The van der Waals surface area contributed by atoms with E-state index in [1.165, 1.54) is 17.8 Å². The Kier molecular flexibility index (Phi) is 6.21. The lowest BCUT2D eigenvalue weighted by Crippen LogP contribution is -2.71. The Morgan fingerprint density at radius 1 is 1.24 bits per heavy atom. The number of cyclic esters (lactones) is 1. The van der Waals surface area contributed by atoms with E-state index < -0.39 is 71.0 Å². The predicted octanol–water partition coefficient (Wildman–Crippen LogP) is 2.23. The molecule has 2 heterocycles. The lowest BCUT2D eigenvalue weighted by molar-refractivity contribution is -0.240. The van der Waals surface area contributed by atoms with E-state index in [2.05, 4.69) is 0 Å². The number of ketones is 2. The maximum absolute atomic E-state index is 17.4. The van der Waals surface area contributed by atoms with Gasteiger partial charge in [-0.3, -0.25) is 14.4 Å². The summed E-state index contributed by atoms with van der Waals surface area (Å²) in [5.74, 6) is -2.41. The quantitative estimate of drug-likeness (QED) is 0.492. The lowest BCUT2D eigenvalue weighted by atomic mass is 9.43. The van der Waals surface area contributed by atoms with E-state index in [-0.39, 0.29) is 60.4 Å². The topological polar surface area (TPSA) is 119 Å². The molecule has 8 nitrogen and oxygen atoms in total. The highest BCUT2D eigenvalue weighted by molar-refractivity contribution is 8.00. The molecule has 3 saturated carbocycles. The Balaban J connectivity index is 1.34. The van der Waals surface area contributed by atoms with Gasteiger partial charge in [-0.2, -0.15) is 0 Å². The minimum absolute atomic E-state index is 0.0788. The summed E-state index contributed by atoms with van der Waals surface area (Å²) in [6.45, 7) is 2.89. The van der Waals surface area contributed by atoms with Gasteiger partial charge in [-0.1, -0.05) is 13.8 Å². The zero-order chi connectivity index (χ0) is 27.3. The van der Waals surface area contributed by atoms with Gasteiger partial charge in [0, 0.05) is 35.3 Å². The maximum Gasteiger partial charge on any atom is 0.319 e. The van der Waals surface area contributed by atoms with Crippen molar-refractivity contribution in [2.45, 2.75) is 93.6 Å². The molecule has 2 N–H and O–H groups in total. The van der Waals surface area contributed by atoms with Crippen molar-refractivity contribution < 1.29 is 47.6 Å². The first-order valence-corrected chi connectivity index (χ1v) is 14.5. The molecule has 0 aromatic heterocycles. The first-order valence-electron chi connectivity index (χ1n) is 13.4. The van der Waals surface area contributed by atoms with E-state index in [1.54, 1.807) is 13.8 Å². The van der Waals surface area contributed by atoms with E-state index in [0.717, 1.165) is 0 Å². The molecule has 11 heteroatoms. The van der Waals surface area contributed by atoms with Crippen molar-refractivity contribution in [1.29, 1.82) is 0 Å². The third-order valence-electron chi connectivity index (χ3n) is 10.7. The molecule has 6 rings (SSSR count). The molecule has 0 radical (unpaired) electrons. The van der Waals surface area contributed by atoms with Crippen LogP contribution in [0, 0.1) is 22.7 Å². The number of esters is 1. The van der Waals surface area contributed by atoms with Crippen molar-refractivity contribution in [3.8, 4) is 0 Å². The lowest BCUT2D eigenvalue weighted by Gasteiger charge is -2.64. The average molecular weight is 557 g/mol. The number of hydrogen-bond donors (Lipinski definition) is 2. The molecule has 0 amide bonds. The highest BCUT2D eigenvalue weighted by Crippen LogP contribution is 2.72. The second kappa shape index (κ2) is 8.80. The van der Waals surface area contributed by atoms with Crippen LogP contribution in [0.2, 0.25) is 0 Å². The smallest absolute Gasteiger partial charge is 0.319 e. The van der Waals surface area contributed by atoms with Crippen molar-refractivity contribution in [3.63, 3.8) is 0 Å². The fourth-order valence-electron chi connectivity index (χ4n) is 8.89. The molecule has 4 aliphatic carbocycles. The summed E-state index contributed by atoms with van der Waals surface area (Å²) in [6.07, 6.45) is -2.94. The van der Waals surface area contributed by atoms with Gasteiger partial charge in [0.25, 0.3) is 0 Å². The van der Waals surface area contributed by atoms with E-state index in [9.17, 15) is 24.6 Å². The number of hydrogen-bond acceptors (Lipinski definition) is 9. The van der Waals surface area contributed by atoms with Gasteiger partial charge in [-0.15, -0.1) is 11.8 Å². The number of fused-ring (bicyclic) bond motifs is 7. The largest absolute Gasteiger partial charge is 0.465 e. The molecule has 2 unspecified atom stereocenters.